The molecule has 0 aromatic carbocycles. The molecule has 0 radical (unpaired) electrons. The van der Waals surface area contributed by atoms with Crippen LogP contribution in [0.3, 0.4) is 0 Å². The third-order valence-electron chi connectivity index (χ3n) is 1.01. The van der Waals surface area contributed by atoms with Gasteiger partial charge in [0.15, 0.2) is 0 Å². The molecule has 0 heterocycles. The van der Waals surface area contributed by atoms with Crippen LogP contribution in [0.4, 0.5) is 0 Å². The second-order valence-corrected chi connectivity index (χ2v) is 2.03. The standard InChI is InChI=1S/C6H9NO/c1-5(2)6(3-7)4-8/h4-6H,1-2H3/t6-/m0/s1. The number of carbonyl (C=O) groups excluding carboxylic acids is 1. The van der Waals surface area contributed by atoms with Gasteiger partial charge in [-0.25, -0.2) is 0 Å². The molecule has 2 nitrogen and oxygen atoms in total. The van der Waals surface area contributed by atoms with Crippen LogP contribution in [0.5, 0.6) is 0 Å². The molecule has 0 saturated heterocycles. The van der Waals surface area contributed by atoms with Gasteiger partial charge in [-0.3, -0.25) is 0 Å². The second-order valence-electron chi connectivity index (χ2n) is 2.03. The predicted octanol–water partition coefficient (Wildman–Crippen LogP) is 0.981. The van der Waals surface area contributed by atoms with Crippen LogP contribution in [-0.4, -0.2) is 6.29 Å². The molecule has 0 N–H and O–H groups in total. The van der Waals surface area contributed by atoms with Crippen molar-refractivity contribution >= 4 is 6.29 Å². The van der Waals surface area contributed by atoms with Gasteiger partial charge in [0.05, 0.1) is 6.07 Å². The van der Waals surface area contributed by atoms with Crippen LogP contribution in [-0.2, 0) is 4.79 Å². The van der Waals surface area contributed by atoms with Crippen molar-refractivity contribution in [1.82, 2.24) is 0 Å². The Labute approximate surface area is 49.1 Å². The molecule has 0 aromatic heterocycles. The van der Waals surface area contributed by atoms with Crippen LogP contribution in [0.1, 0.15) is 13.8 Å². The lowest BCUT2D eigenvalue weighted by Gasteiger charge is -2.01. The molecule has 0 aliphatic carbocycles. The van der Waals surface area contributed by atoms with Gasteiger partial charge in [-0.05, 0) is 5.92 Å². The van der Waals surface area contributed by atoms with Crippen LogP contribution in [0.15, 0.2) is 0 Å². The molecule has 0 bridgehead atoms. The van der Waals surface area contributed by atoms with E-state index >= 15 is 0 Å². The molecular formula is C6H9NO. The lowest BCUT2D eigenvalue weighted by Crippen LogP contribution is -2.06. The Morgan fingerprint density at radius 2 is 2.12 bits per heavy atom. The Balaban J connectivity index is 3.74. The van der Waals surface area contributed by atoms with E-state index in [0.717, 1.165) is 0 Å². The summed E-state index contributed by atoms with van der Waals surface area (Å²) in [6.45, 7) is 3.70. The van der Waals surface area contributed by atoms with E-state index in [1.165, 1.54) is 0 Å². The van der Waals surface area contributed by atoms with Gasteiger partial charge in [-0.15, -0.1) is 0 Å². The molecule has 0 aliphatic rings. The van der Waals surface area contributed by atoms with Gasteiger partial charge in [0.25, 0.3) is 0 Å². The monoisotopic (exact) mass is 111 g/mol. The Morgan fingerprint density at radius 1 is 1.62 bits per heavy atom. The van der Waals surface area contributed by atoms with Crippen LogP contribution < -0.4 is 0 Å². The summed E-state index contributed by atoms with van der Waals surface area (Å²) in [5, 5.41) is 8.22. The highest BCUT2D eigenvalue weighted by Gasteiger charge is 2.08. The van der Waals surface area contributed by atoms with E-state index in [-0.39, 0.29) is 5.92 Å². The van der Waals surface area contributed by atoms with Crippen molar-refractivity contribution in [3.8, 4) is 6.07 Å². The number of hydrogen-bond acceptors (Lipinski definition) is 2. The van der Waals surface area contributed by atoms with Crippen molar-refractivity contribution in [2.75, 3.05) is 0 Å². The minimum atomic E-state index is -0.421. The average molecular weight is 111 g/mol. The smallest absolute Gasteiger partial charge is 0.137 e. The quantitative estimate of drug-likeness (QED) is 0.498. The molecular weight excluding hydrogens is 102 g/mol. The van der Waals surface area contributed by atoms with Gasteiger partial charge >= 0.3 is 0 Å². The summed E-state index contributed by atoms with van der Waals surface area (Å²) in [5.74, 6) is -0.271. The molecule has 2 heteroatoms. The summed E-state index contributed by atoms with van der Waals surface area (Å²) in [4.78, 5) is 9.96. The fourth-order valence-corrected chi connectivity index (χ4v) is 0.337. The average Bonchev–Trinajstić information content (AvgIpc) is 1.69. The van der Waals surface area contributed by atoms with E-state index in [1.54, 1.807) is 0 Å². The predicted molar refractivity (Wildman–Crippen MR) is 30.0 cm³/mol. The lowest BCUT2D eigenvalue weighted by atomic mass is 10.00. The maximum Gasteiger partial charge on any atom is 0.137 e. The van der Waals surface area contributed by atoms with Gasteiger partial charge in [-0.1, -0.05) is 13.8 Å². The third kappa shape index (κ3) is 1.74. The van der Waals surface area contributed by atoms with Crippen LogP contribution >= 0.6 is 0 Å². The minimum Gasteiger partial charge on any atom is -0.302 e. The van der Waals surface area contributed by atoms with E-state index in [0.29, 0.717) is 6.29 Å². The Hall–Kier alpha value is -0.840. The highest BCUT2D eigenvalue weighted by atomic mass is 16.1. The van der Waals surface area contributed by atoms with Crippen molar-refractivity contribution in [2.45, 2.75) is 13.8 Å². The van der Waals surface area contributed by atoms with E-state index in [9.17, 15) is 4.79 Å². The molecule has 0 rings (SSSR count). The SMILES string of the molecule is CC(C)[C@@H](C#N)C=O. The highest BCUT2D eigenvalue weighted by Crippen LogP contribution is 2.04. The molecule has 0 unspecified atom stereocenters. The fourth-order valence-electron chi connectivity index (χ4n) is 0.337. The van der Waals surface area contributed by atoms with Gasteiger partial charge in [-0.2, -0.15) is 5.26 Å². The summed E-state index contributed by atoms with van der Waals surface area (Å²) in [6.07, 6.45) is 0.685. The topological polar surface area (TPSA) is 40.9 Å². The van der Waals surface area contributed by atoms with Crippen molar-refractivity contribution in [3.63, 3.8) is 0 Å². The van der Waals surface area contributed by atoms with Crippen molar-refractivity contribution in [1.29, 1.82) is 5.26 Å². The molecule has 0 saturated carbocycles. The first-order valence-electron chi connectivity index (χ1n) is 2.57. The molecule has 0 amide bonds. The number of rotatable bonds is 2. The maximum absolute atomic E-state index is 9.96. The van der Waals surface area contributed by atoms with Crippen LogP contribution in [0.25, 0.3) is 0 Å². The third-order valence-corrected chi connectivity index (χ3v) is 1.01. The Morgan fingerprint density at radius 3 is 2.12 bits per heavy atom. The summed E-state index contributed by atoms with van der Waals surface area (Å²) in [7, 11) is 0. The highest BCUT2D eigenvalue weighted by molar-refractivity contribution is 5.57. The lowest BCUT2D eigenvalue weighted by molar-refractivity contribution is -0.110. The van der Waals surface area contributed by atoms with Crippen LogP contribution in [0, 0.1) is 23.2 Å². The first-order chi connectivity index (χ1) is 3.72. The summed E-state index contributed by atoms with van der Waals surface area (Å²) in [5.41, 5.74) is 0. The Kier molecular flexibility index (Phi) is 2.86. The molecule has 8 heavy (non-hydrogen) atoms. The van der Waals surface area contributed by atoms with E-state index in [2.05, 4.69) is 0 Å². The second kappa shape index (κ2) is 3.20. The van der Waals surface area contributed by atoms with Gasteiger partial charge < -0.3 is 4.79 Å². The van der Waals surface area contributed by atoms with Crippen molar-refractivity contribution < 1.29 is 4.79 Å². The number of hydrogen-bond donors (Lipinski definition) is 0. The first-order valence-corrected chi connectivity index (χ1v) is 2.57. The van der Waals surface area contributed by atoms with Gasteiger partial charge in [0.2, 0.25) is 0 Å². The molecule has 0 aliphatic heterocycles. The van der Waals surface area contributed by atoms with E-state index in [1.807, 2.05) is 19.9 Å². The first kappa shape index (κ1) is 7.16. The van der Waals surface area contributed by atoms with E-state index < -0.39 is 5.92 Å². The van der Waals surface area contributed by atoms with Crippen molar-refractivity contribution in [2.24, 2.45) is 11.8 Å². The van der Waals surface area contributed by atoms with Crippen LogP contribution in [0.2, 0.25) is 0 Å². The van der Waals surface area contributed by atoms with Gasteiger partial charge in [0, 0.05) is 0 Å². The number of nitrogens with zero attached hydrogens (tertiary/aromatic N) is 1. The van der Waals surface area contributed by atoms with E-state index in [4.69, 9.17) is 5.26 Å². The molecule has 0 spiro atoms. The fraction of sp³-hybridized carbons (Fsp3) is 0.667. The molecule has 44 valence electrons. The van der Waals surface area contributed by atoms with Gasteiger partial charge in [0.1, 0.15) is 12.2 Å². The normalized spacial score (nSPS) is 12.8. The van der Waals surface area contributed by atoms with Crippen molar-refractivity contribution in [3.05, 3.63) is 0 Å². The number of carbonyl (C=O) groups is 1. The summed E-state index contributed by atoms with van der Waals surface area (Å²) >= 11 is 0. The number of aldehydes is 1. The summed E-state index contributed by atoms with van der Waals surface area (Å²) < 4.78 is 0. The minimum absolute atomic E-state index is 0.150. The Bertz CT molecular complexity index is 112. The molecule has 0 fully saturated rings. The summed E-state index contributed by atoms with van der Waals surface area (Å²) in [6, 6.07) is 1.88. The number of nitriles is 1. The zero-order valence-electron chi connectivity index (χ0n) is 5.09. The molecule has 1 atom stereocenters. The zero-order chi connectivity index (χ0) is 6.57. The largest absolute Gasteiger partial charge is 0.302 e. The molecule has 0 aromatic rings. The maximum atomic E-state index is 9.96. The zero-order valence-corrected chi connectivity index (χ0v) is 5.09.